The Labute approximate surface area is 110 Å². The summed E-state index contributed by atoms with van der Waals surface area (Å²) in [7, 11) is 0. The second-order valence-corrected chi connectivity index (χ2v) is 5.13. The van der Waals surface area contributed by atoms with E-state index in [1.165, 1.54) is 12.5 Å². The zero-order valence-electron chi connectivity index (χ0n) is 10.6. The molecule has 7 heteroatoms. The third-order valence-electron chi connectivity index (χ3n) is 3.73. The average molecular weight is 277 g/mol. The number of nitrogens with zero attached hydrogens (tertiary/aromatic N) is 2. The molecule has 2 saturated heterocycles. The van der Waals surface area contributed by atoms with Gasteiger partial charge in [0, 0.05) is 25.7 Å². The van der Waals surface area contributed by atoms with Crippen LogP contribution >= 0.6 is 0 Å². The summed E-state index contributed by atoms with van der Waals surface area (Å²) in [5, 5.41) is 11.2. The highest BCUT2D eigenvalue weighted by Gasteiger charge is 2.39. The van der Waals surface area contributed by atoms with Gasteiger partial charge < -0.3 is 10.1 Å². The SMILES string of the molecule is N#CC(CNCC1CN2CCCC2CO1)C(F)(F)F. The Balaban J connectivity index is 1.70. The largest absolute Gasteiger partial charge is 0.405 e. The van der Waals surface area contributed by atoms with Gasteiger partial charge in [0.15, 0.2) is 5.92 Å². The Kier molecular flexibility index (Phi) is 4.66. The highest BCUT2D eigenvalue weighted by molar-refractivity contribution is 4.91. The number of ether oxygens (including phenoxy) is 1. The van der Waals surface area contributed by atoms with E-state index in [4.69, 9.17) is 10.00 Å². The molecule has 0 aromatic carbocycles. The molecule has 0 spiro atoms. The molecule has 108 valence electrons. The summed E-state index contributed by atoms with van der Waals surface area (Å²) in [6.45, 7) is 2.46. The van der Waals surface area contributed by atoms with Crippen LogP contribution in [0.1, 0.15) is 12.8 Å². The summed E-state index contributed by atoms with van der Waals surface area (Å²) in [5.74, 6) is -1.95. The Morgan fingerprint density at radius 3 is 2.95 bits per heavy atom. The molecule has 2 aliphatic heterocycles. The zero-order chi connectivity index (χ0) is 13.9. The second-order valence-electron chi connectivity index (χ2n) is 5.13. The number of nitriles is 1. The van der Waals surface area contributed by atoms with Crippen LogP contribution in [0.2, 0.25) is 0 Å². The third-order valence-corrected chi connectivity index (χ3v) is 3.73. The van der Waals surface area contributed by atoms with E-state index in [-0.39, 0.29) is 12.6 Å². The highest BCUT2D eigenvalue weighted by Crippen LogP contribution is 2.25. The van der Waals surface area contributed by atoms with Gasteiger partial charge >= 0.3 is 6.18 Å². The fourth-order valence-electron chi connectivity index (χ4n) is 2.63. The van der Waals surface area contributed by atoms with Crippen molar-refractivity contribution in [1.82, 2.24) is 10.2 Å². The van der Waals surface area contributed by atoms with Gasteiger partial charge in [-0.1, -0.05) is 0 Å². The van der Waals surface area contributed by atoms with Gasteiger partial charge in [-0.3, -0.25) is 4.90 Å². The molecule has 2 heterocycles. The molecule has 2 aliphatic rings. The smallest absolute Gasteiger partial charge is 0.374 e. The van der Waals surface area contributed by atoms with Crippen molar-refractivity contribution in [2.45, 2.75) is 31.2 Å². The summed E-state index contributed by atoms with van der Waals surface area (Å²) in [4.78, 5) is 2.33. The minimum atomic E-state index is -4.46. The van der Waals surface area contributed by atoms with Crippen LogP contribution in [0.5, 0.6) is 0 Å². The molecule has 0 aromatic rings. The number of morpholine rings is 1. The second kappa shape index (κ2) is 6.07. The number of alkyl halides is 3. The Morgan fingerprint density at radius 2 is 2.26 bits per heavy atom. The summed E-state index contributed by atoms with van der Waals surface area (Å²) in [5.41, 5.74) is 0. The number of rotatable bonds is 4. The highest BCUT2D eigenvalue weighted by atomic mass is 19.4. The molecular weight excluding hydrogens is 259 g/mol. The molecule has 0 bridgehead atoms. The van der Waals surface area contributed by atoms with Gasteiger partial charge in [0.25, 0.3) is 0 Å². The number of hydrogen-bond donors (Lipinski definition) is 1. The van der Waals surface area contributed by atoms with Crippen molar-refractivity contribution in [3.8, 4) is 6.07 Å². The van der Waals surface area contributed by atoms with Gasteiger partial charge in [0.2, 0.25) is 0 Å². The maximum Gasteiger partial charge on any atom is 0.405 e. The molecule has 3 unspecified atom stereocenters. The van der Waals surface area contributed by atoms with Crippen molar-refractivity contribution in [2.75, 3.05) is 32.8 Å². The molecule has 2 rings (SSSR count). The molecule has 2 fully saturated rings. The van der Waals surface area contributed by atoms with E-state index in [9.17, 15) is 13.2 Å². The van der Waals surface area contributed by atoms with Crippen LogP contribution < -0.4 is 5.32 Å². The van der Waals surface area contributed by atoms with Crippen LogP contribution in [-0.4, -0.2) is 56.0 Å². The van der Waals surface area contributed by atoms with E-state index in [0.717, 1.165) is 19.5 Å². The van der Waals surface area contributed by atoms with E-state index in [1.54, 1.807) is 0 Å². The molecule has 0 aromatic heterocycles. The standard InChI is InChI=1S/C12H18F3N3O/c13-12(14,15)9(4-16)5-17-6-11-7-18-3-1-2-10(18)8-19-11/h9-11,17H,1-3,5-8H2. The van der Waals surface area contributed by atoms with Crippen molar-refractivity contribution >= 4 is 0 Å². The first-order chi connectivity index (χ1) is 9.00. The minimum Gasteiger partial charge on any atom is -0.374 e. The average Bonchev–Trinajstić information content (AvgIpc) is 2.80. The quantitative estimate of drug-likeness (QED) is 0.837. The van der Waals surface area contributed by atoms with Crippen LogP contribution in [0, 0.1) is 17.2 Å². The number of fused-ring (bicyclic) bond motifs is 1. The van der Waals surface area contributed by atoms with Gasteiger partial charge in [0.1, 0.15) is 0 Å². The topological polar surface area (TPSA) is 48.3 Å². The molecule has 1 N–H and O–H groups in total. The zero-order valence-corrected chi connectivity index (χ0v) is 10.6. The van der Waals surface area contributed by atoms with Crippen molar-refractivity contribution in [1.29, 1.82) is 5.26 Å². The molecule has 0 amide bonds. The molecule has 4 nitrogen and oxygen atoms in total. The molecule has 19 heavy (non-hydrogen) atoms. The van der Waals surface area contributed by atoms with Gasteiger partial charge in [-0.25, -0.2) is 0 Å². The summed E-state index contributed by atoms with van der Waals surface area (Å²) >= 11 is 0. The van der Waals surface area contributed by atoms with E-state index in [1.807, 2.05) is 0 Å². The maximum absolute atomic E-state index is 12.4. The molecule has 0 radical (unpaired) electrons. The monoisotopic (exact) mass is 277 g/mol. The van der Waals surface area contributed by atoms with Gasteiger partial charge in [-0.05, 0) is 19.4 Å². The van der Waals surface area contributed by atoms with Gasteiger partial charge in [0.05, 0.1) is 18.8 Å². The van der Waals surface area contributed by atoms with Crippen LogP contribution in [0.4, 0.5) is 13.2 Å². The first-order valence-electron chi connectivity index (χ1n) is 6.53. The van der Waals surface area contributed by atoms with E-state index in [0.29, 0.717) is 19.2 Å². The van der Waals surface area contributed by atoms with Crippen molar-refractivity contribution < 1.29 is 17.9 Å². The Bertz CT molecular complexity index is 342. The number of hydrogen-bond acceptors (Lipinski definition) is 4. The summed E-state index contributed by atoms with van der Waals surface area (Å²) < 4.78 is 42.7. The predicted molar refractivity (Wildman–Crippen MR) is 62.4 cm³/mol. The first-order valence-corrected chi connectivity index (χ1v) is 6.53. The summed E-state index contributed by atoms with van der Waals surface area (Å²) in [6, 6.07) is 1.76. The van der Waals surface area contributed by atoms with E-state index >= 15 is 0 Å². The normalized spacial score (nSPS) is 29.8. The Hall–Kier alpha value is -0.840. The van der Waals surface area contributed by atoms with Gasteiger partial charge in [-0.2, -0.15) is 18.4 Å². The maximum atomic E-state index is 12.4. The lowest BCUT2D eigenvalue weighted by Gasteiger charge is -2.35. The number of halogens is 3. The molecular formula is C12H18F3N3O. The van der Waals surface area contributed by atoms with Gasteiger partial charge in [-0.15, -0.1) is 0 Å². The first kappa shape index (κ1) is 14.6. The number of nitrogens with one attached hydrogen (secondary N) is 1. The van der Waals surface area contributed by atoms with Crippen LogP contribution in [0.25, 0.3) is 0 Å². The third kappa shape index (κ3) is 3.81. The Morgan fingerprint density at radius 1 is 1.47 bits per heavy atom. The lowest BCUT2D eigenvalue weighted by molar-refractivity contribution is -0.158. The van der Waals surface area contributed by atoms with Crippen LogP contribution in [0.15, 0.2) is 0 Å². The molecule has 3 atom stereocenters. The van der Waals surface area contributed by atoms with Crippen LogP contribution in [0.3, 0.4) is 0 Å². The summed E-state index contributed by atoms with van der Waals surface area (Å²) in [6.07, 6.45) is -2.24. The lowest BCUT2D eigenvalue weighted by Crippen LogP contribution is -2.50. The van der Waals surface area contributed by atoms with E-state index in [2.05, 4.69) is 10.2 Å². The van der Waals surface area contributed by atoms with Crippen LogP contribution in [-0.2, 0) is 4.74 Å². The molecule has 0 saturated carbocycles. The minimum absolute atomic E-state index is 0.0815. The predicted octanol–water partition coefficient (Wildman–Crippen LogP) is 1.14. The fraction of sp³-hybridized carbons (Fsp3) is 0.917. The van der Waals surface area contributed by atoms with Crippen molar-refractivity contribution in [3.05, 3.63) is 0 Å². The van der Waals surface area contributed by atoms with E-state index < -0.39 is 12.1 Å². The van der Waals surface area contributed by atoms with Crippen molar-refractivity contribution in [2.24, 2.45) is 5.92 Å². The fourth-order valence-corrected chi connectivity index (χ4v) is 2.63. The lowest BCUT2D eigenvalue weighted by atomic mass is 10.1. The van der Waals surface area contributed by atoms with Crippen molar-refractivity contribution in [3.63, 3.8) is 0 Å². The molecule has 0 aliphatic carbocycles.